The first-order chi connectivity index (χ1) is 9.50. The molecular weight excluding hydrogens is 269 g/mol. The molecule has 0 spiro atoms. The maximum Gasteiger partial charge on any atom is 0.416 e. The Morgan fingerprint density at radius 3 is 2.75 bits per heavy atom. The summed E-state index contributed by atoms with van der Waals surface area (Å²) in [6.45, 7) is -0.204. The second-order valence-electron chi connectivity index (χ2n) is 4.12. The maximum atomic E-state index is 12.8. The Morgan fingerprint density at radius 2 is 2.05 bits per heavy atom. The number of hydrogen-bond acceptors (Lipinski definition) is 3. The highest BCUT2D eigenvalue weighted by molar-refractivity contribution is 5.30. The lowest BCUT2D eigenvalue weighted by atomic mass is 10.1. The van der Waals surface area contributed by atoms with Gasteiger partial charge in [-0.15, -0.1) is 0 Å². The summed E-state index contributed by atoms with van der Waals surface area (Å²) < 4.78 is 43.7. The van der Waals surface area contributed by atoms with Crippen molar-refractivity contribution in [2.45, 2.75) is 18.8 Å². The molecule has 1 unspecified atom stereocenters. The number of alkyl halides is 3. The van der Waals surface area contributed by atoms with E-state index >= 15 is 0 Å². The number of benzene rings is 1. The SMILES string of the molecule is N#CC1C=C(OCc2ccccc2C(F)(F)F)C=CN1. The molecule has 1 heterocycles. The van der Waals surface area contributed by atoms with Crippen LogP contribution in [0.5, 0.6) is 0 Å². The van der Waals surface area contributed by atoms with E-state index in [2.05, 4.69) is 5.32 Å². The quantitative estimate of drug-likeness (QED) is 0.925. The molecule has 6 heteroatoms. The average Bonchev–Trinajstić information content (AvgIpc) is 2.44. The van der Waals surface area contributed by atoms with Crippen molar-refractivity contribution in [1.82, 2.24) is 5.32 Å². The first kappa shape index (κ1) is 14.0. The van der Waals surface area contributed by atoms with Gasteiger partial charge in [0.15, 0.2) is 0 Å². The van der Waals surface area contributed by atoms with E-state index in [0.29, 0.717) is 5.76 Å². The molecule has 0 amide bonds. The van der Waals surface area contributed by atoms with E-state index in [9.17, 15) is 13.2 Å². The van der Waals surface area contributed by atoms with Crippen LogP contribution in [0, 0.1) is 11.3 Å². The predicted molar refractivity (Wildman–Crippen MR) is 66.0 cm³/mol. The molecule has 104 valence electrons. The monoisotopic (exact) mass is 280 g/mol. The van der Waals surface area contributed by atoms with Gasteiger partial charge in [-0.25, -0.2) is 0 Å². The molecule has 20 heavy (non-hydrogen) atoms. The minimum absolute atomic E-state index is 0.0568. The molecule has 3 nitrogen and oxygen atoms in total. The number of allylic oxidation sites excluding steroid dienone is 1. The number of nitriles is 1. The second kappa shape index (κ2) is 5.70. The van der Waals surface area contributed by atoms with Crippen LogP contribution >= 0.6 is 0 Å². The topological polar surface area (TPSA) is 45.0 Å². The van der Waals surface area contributed by atoms with Crippen molar-refractivity contribution in [2.24, 2.45) is 0 Å². The molecule has 0 bridgehead atoms. The predicted octanol–water partition coefficient (Wildman–Crippen LogP) is 3.11. The van der Waals surface area contributed by atoms with Crippen molar-refractivity contribution in [3.8, 4) is 6.07 Å². The van der Waals surface area contributed by atoms with Crippen molar-refractivity contribution < 1.29 is 17.9 Å². The van der Waals surface area contributed by atoms with Crippen LogP contribution in [0.25, 0.3) is 0 Å². The molecule has 2 rings (SSSR count). The maximum absolute atomic E-state index is 12.8. The van der Waals surface area contributed by atoms with Crippen molar-refractivity contribution >= 4 is 0 Å². The standard InChI is InChI=1S/C14H11F3N2O/c15-14(16,17)13-4-2-1-3-10(13)9-20-12-5-6-19-11(7-12)8-18/h1-7,11,19H,9H2. The van der Waals surface area contributed by atoms with Crippen LogP contribution in [0.2, 0.25) is 0 Å². The van der Waals surface area contributed by atoms with Crippen LogP contribution in [0.15, 0.2) is 48.4 Å². The van der Waals surface area contributed by atoms with Crippen LogP contribution in [0.3, 0.4) is 0 Å². The van der Waals surface area contributed by atoms with Crippen LogP contribution in [-0.4, -0.2) is 6.04 Å². The molecule has 1 atom stereocenters. The smallest absolute Gasteiger partial charge is 0.416 e. The first-order valence-corrected chi connectivity index (χ1v) is 5.82. The summed E-state index contributed by atoms with van der Waals surface area (Å²) in [5.74, 6) is 0.368. The molecule has 1 N–H and O–H groups in total. The third-order valence-corrected chi connectivity index (χ3v) is 2.71. The van der Waals surface area contributed by atoms with Gasteiger partial charge in [0.2, 0.25) is 0 Å². The third kappa shape index (κ3) is 3.32. The Hall–Kier alpha value is -2.42. The molecule has 1 aliphatic rings. The summed E-state index contributed by atoms with van der Waals surface area (Å²) >= 11 is 0. The highest BCUT2D eigenvalue weighted by Gasteiger charge is 2.33. The Kier molecular flexibility index (Phi) is 3.99. The van der Waals surface area contributed by atoms with Gasteiger partial charge in [0.1, 0.15) is 18.4 Å². The van der Waals surface area contributed by atoms with Gasteiger partial charge in [-0.05, 0) is 18.2 Å². The van der Waals surface area contributed by atoms with Gasteiger partial charge in [0, 0.05) is 11.8 Å². The summed E-state index contributed by atoms with van der Waals surface area (Å²) in [6.07, 6.45) is 0.187. The van der Waals surface area contributed by atoms with Crippen molar-refractivity contribution in [2.75, 3.05) is 0 Å². The fourth-order valence-electron chi connectivity index (χ4n) is 1.76. The van der Waals surface area contributed by atoms with Crippen LogP contribution in [-0.2, 0) is 17.5 Å². The average molecular weight is 280 g/mol. The summed E-state index contributed by atoms with van der Waals surface area (Å²) in [5.41, 5.74) is -0.656. The minimum Gasteiger partial charge on any atom is -0.489 e. The lowest BCUT2D eigenvalue weighted by molar-refractivity contribution is -0.138. The summed E-state index contributed by atoms with van der Waals surface area (Å²) in [5, 5.41) is 11.5. The Morgan fingerprint density at radius 1 is 1.30 bits per heavy atom. The fraction of sp³-hybridized carbons (Fsp3) is 0.214. The number of nitrogens with zero attached hydrogens (tertiary/aromatic N) is 1. The van der Waals surface area contributed by atoms with Crippen molar-refractivity contribution in [3.05, 3.63) is 59.5 Å². The van der Waals surface area contributed by atoms with E-state index in [1.165, 1.54) is 30.5 Å². The normalized spacial score (nSPS) is 17.9. The lowest BCUT2D eigenvalue weighted by Crippen LogP contribution is -2.23. The van der Waals surface area contributed by atoms with E-state index < -0.39 is 17.8 Å². The van der Waals surface area contributed by atoms with Gasteiger partial charge < -0.3 is 10.1 Å². The van der Waals surface area contributed by atoms with Crippen LogP contribution in [0.1, 0.15) is 11.1 Å². The second-order valence-corrected chi connectivity index (χ2v) is 4.12. The van der Waals surface area contributed by atoms with E-state index in [4.69, 9.17) is 10.00 Å². The molecule has 1 aliphatic heterocycles. The van der Waals surface area contributed by atoms with Crippen LogP contribution in [0.4, 0.5) is 13.2 Å². The number of nitrogens with one attached hydrogen (secondary N) is 1. The van der Waals surface area contributed by atoms with Gasteiger partial charge in [0.25, 0.3) is 0 Å². The molecule has 1 aromatic rings. The van der Waals surface area contributed by atoms with Crippen LogP contribution < -0.4 is 5.32 Å². The minimum atomic E-state index is -4.41. The molecule has 1 aromatic carbocycles. The molecule has 0 aliphatic carbocycles. The Bertz CT molecular complexity index is 585. The van der Waals surface area contributed by atoms with Gasteiger partial charge in [0.05, 0.1) is 11.6 Å². The van der Waals surface area contributed by atoms with Gasteiger partial charge in [-0.2, -0.15) is 18.4 Å². The lowest BCUT2D eigenvalue weighted by Gasteiger charge is -2.16. The summed E-state index contributed by atoms with van der Waals surface area (Å²) in [4.78, 5) is 0. The highest BCUT2D eigenvalue weighted by Crippen LogP contribution is 2.32. The Labute approximate surface area is 114 Å². The van der Waals surface area contributed by atoms with Crippen molar-refractivity contribution in [3.63, 3.8) is 0 Å². The third-order valence-electron chi connectivity index (χ3n) is 2.71. The fourth-order valence-corrected chi connectivity index (χ4v) is 1.76. The number of hydrogen-bond donors (Lipinski definition) is 1. The van der Waals surface area contributed by atoms with E-state index in [-0.39, 0.29) is 12.2 Å². The molecule has 0 radical (unpaired) electrons. The Balaban J connectivity index is 2.11. The molecule has 0 fully saturated rings. The van der Waals surface area contributed by atoms with E-state index in [1.54, 1.807) is 6.08 Å². The zero-order chi connectivity index (χ0) is 14.6. The van der Waals surface area contributed by atoms with Gasteiger partial charge >= 0.3 is 6.18 Å². The van der Waals surface area contributed by atoms with E-state index in [0.717, 1.165) is 6.07 Å². The summed E-state index contributed by atoms with van der Waals surface area (Å²) in [7, 11) is 0. The number of dihydropyridines is 1. The zero-order valence-corrected chi connectivity index (χ0v) is 10.3. The number of rotatable bonds is 3. The van der Waals surface area contributed by atoms with Gasteiger partial charge in [-0.3, -0.25) is 0 Å². The highest BCUT2D eigenvalue weighted by atomic mass is 19.4. The zero-order valence-electron chi connectivity index (χ0n) is 10.3. The van der Waals surface area contributed by atoms with E-state index in [1.807, 2.05) is 6.07 Å². The van der Waals surface area contributed by atoms with Crippen molar-refractivity contribution in [1.29, 1.82) is 5.26 Å². The van der Waals surface area contributed by atoms with Gasteiger partial charge in [-0.1, -0.05) is 18.2 Å². The summed E-state index contributed by atoms with van der Waals surface area (Å²) in [6, 6.07) is 6.68. The molecule has 0 aromatic heterocycles. The molecule has 0 saturated heterocycles. The molecular formula is C14H11F3N2O. The number of halogens is 3. The number of ether oxygens (including phenoxy) is 1. The first-order valence-electron chi connectivity index (χ1n) is 5.82. The largest absolute Gasteiger partial charge is 0.489 e. The molecule has 0 saturated carbocycles.